The molecule has 1 aromatic heterocycles. The summed E-state index contributed by atoms with van der Waals surface area (Å²) in [7, 11) is 0. The Morgan fingerprint density at radius 1 is 1.38 bits per heavy atom. The monoisotopic (exact) mass is 301 g/mol. The van der Waals surface area contributed by atoms with Crippen LogP contribution in [0.2, 0.25) is 0 Å². The van der Waals surface area contributed by atoms with E-state index in [1.807, 2.05) is 24.3 Å². The molecule has 1 atom stereocenters. The van der Waals surface area contributed by atoms with Crippen molar-refractivity contribution >= 4 is 34.0 Å². The van der Waals surface area contributed by atoms with Crippen LogP contribution in [0.15, 0.2) is 36.5 Å². The van der Waals surface area contributed by atoms with Gasteiger partial charge in [0.2, 0.25) is 0 Å². The van der Waals surface area contributed by atoms with Gasteiger partial charge in [-0.1, -0.05) is 30.4 Å². The first kappa shape index (κ1) is 13.9. The second kappa shape index (κ2) is 5.75. The van der Waals surface area contributed by atoms with Crippen LogP contribution < -0.4 is 5.73 Å². The van der Waals surface area contributed by atoms with E-state index in [-0.39, 0.29) is 17.0 Å². The highest BCUT2D eigenvalue weighted by atomic mass is 32.1. The van der Waals surface area contributed by atoms with Crippen LogP contribution in [0.1, 0.15) is 10.4 Å². The lowest BCUT2D eigenvalue weighted by Crippen LogP contribution is -2.50. The number of nitrogens with zero attached hydrogens (tertiary/aromatic N) is 2. The van der Waals surface area contributed by atoms with Crippen molar-refractivity contribution in [2.24, 2.45) is 5.73 Å². The van der Waals surface area contributed by atoms with Gasteiger partial charge in [-0.15, -0.1) is 0 Å². The molecule has 1 aliphatic rings. The summed E-state index contributed by atoms with van der Waals surface area (Å²) in [6.07, 6.45) is 1.32. The number of thiocarbonyl (C=S) groups is 1. The molecule has 0 spiro atoms. The summed E-state index contributed by atoms with van der Waals surface area (Å²) in [4.78, 5) is 19.1. The van der Waals surface area contributed by atoms with Gasteiger partial charge in [0.05, 0.1) is 24.2 Å². The minimum Gasteiger partial charge on any atom is -0.391 e. The number of nitrogens with two attached hydrogens (primary N) is 1. The molecule has 0 aliphatic carbocycles. The Morgan fingerprint density at radius 3 is 3.00 bits per heavy atom. The molecule has 21 heavy (non-hydrogen) atoms. The van der Waals surface area contributed by atoms with E-state index in [0.29, 0.717) is 30.8 Å². The van der Waals surface area contributed by atoms with E-state index >= 15 is 0 Å². The van der Waals surface area contributed by atoms with Gasteiger partial charge in [-0.3, -0.25) is 9.78 Å². The number of hydrogen-bond donors (Lipinski definition) is 1. The smallest absolute Gasteiger partial charge is 0.256 e. The topological polar surface area (TPSA) is 68.5 Å². The quantitative estimate of drug-likeness (QED) is 0.848. The van der Waals surface area contributed by atoms with Gasteiger partial charge in [0.1, 0.15) is 11.1 Å². The van der Waals surface area contributed by atoms with Crippen molar-refractivity contribution in [2.75, 3.05) is 19.7 Å². The third-order valence-corrected chi connectivity index (χ3v) is 3.80. The minimum atomic E-state index is -0.374. The molecule has 1 aromatic carbocycles. The number of benzene rings is 1. The fourth-order valence-corrected chi connectivity index (χ4v) is 2.60. The minimum absolute atomic E-state index is 0.0659. The molecule has 3 rings (SSSR count). The number of rotatable bonds is 2. The van der Waals surface area contributed by atoms with Crippen molar-refractivity contribution in [3.05, 3.63) is 42.1 Å². The van der Waals surface area contributed by atoms with Crippen LogP contribution in [0.4, 0.5) is 0 Å². The van der Waals surface area contributed by atoms with E-state index in [0.717, 1.165) is 5.39 Å². The van der Waals surface area contributed by atoms with E-state index in [4.69, 9.17) is 22.7 Å². The number of amides is 1. The number of aromatic nitrogens is 1. The molecular formula is C15H15N3O2S. The Labute approximate surface area is 127 Å². The molecule has 0 saturated carbocycles. The molecule has 0 radical (unpaired) electrons. The summed E-state index contributed by atoms with van der Waals surface area (Å²) in [5, 5.41) is 0.947. The first-order chi connectivity index (χ1) is 10.2. The Hall–Kier alpha value is -2.05. The average Bonchev–Trinajstić information content (AvgIpc) is 2.53. The number of carbonyl (C=O) groups is 1. The third-order valence-electron chi connectivity index (χ3n) is 3.53. The molecule has 1 aliphatic heterocycles. The molecule has 1 fully saturated rings. The number of fused-ring (bicyclic) bond motifs is 1. The van der Waals surface area contributed by atoms with Crippen LogP contribution >= 0.6 is 12.2 Å². The molecule has 0 bridgehead atoms. The number of pyridine rings is 1. The molecule has 108 valence electrons. The van der Waals surface area contributed by atoms with Gasteiger partial charge < -0.3 is 15.4 Å². The summed E-state index contributed by atoms with van der Waals surface area (Å²) < 4.78 is 5.47. The van der Waals surface area contributed by atoms with Gasteiger partial charge in [-0.05, 0) is 12.1 Å². The van der Waals surface area contributed by atoms with Crippen molar-refractivity contribution in [3.8, 4) is 0 Å². The van der Waals surface area contributed by atoms with E-state index in [1.54, 1.807) is 17.2 Å². The van der Waals surface area contributed by atoms with Crippen molar-refractivity contribution < 1.29 is 9.53 Å². The van der Waals surface area contributed by atoms with E-state index in [9.17, 15) is 4.79 Å². The summed E-state index contributed by atoms with van der Waals surface area (Å²) in [5.74, 6) is -0.0659. The maximum atomic E-state index is 12.7. The van der Waals surface area contributed by atoms with E-state index in [2.05, 4.69) is 4.98 Å². The third kappa shape index (κ3) is 2.72. The maximum absolute atomic E-state index is 12.7. The highest BCUT2D eigenvalue weighted by Gasteiger charge is 2.27. The van der Waals surface area contributed by atoms with Crippen molar-refractivity contribution in [2.45, 2.75) is 6.10 Å². The van der Waals surface area contributed by atoms with Crippen LogP contribution in [0, 0.1) is 0 Å². The zero-order valence-electron chi connectivity index (χ0n) is 11.4. The Bertz CT molecular complexity index is 699. The Balaban J connectivity index is 1.92. The van der Waals surface area contributed by atoms with E-state index in [1.165, 1.54) is 0 Å². The fourth-order valence-electron chi connectivity index (χ4n) is 2.45. The molecule has 1 amide bonds. The number of para-hydroxylation sites is 1. The molecule has 5 nitrogen and oxygen atoms in total. The molecule has 2 heterocycles. The molecule has 2 aromatic rings. The SMILES string of the molecule is NC(=S)C1CN(C(=O)c2cccc3cccnc23)CCO1. The number of morpholine rings is 1. The Kier molecular flexibility index (Phi) is 3.81. The van der Waals surface area contributed by atoms with Crippen LogP contribution in [-0.4, -0.2) is 46.6 Å². The van der Waals surface area contributed by atoms with Gasteiger partial charge in [0.15, 0.2) is 0 Å². The van der Waals surface area contributed by atoms with Crippen LogP contribution in [0.3, 0.4) is 0 Å². The maximum Gasteiger partial charge on any atom is 0.256 e. The van der Waals surface area contributed by atoms with Gasteiger partial charge in [0.25, 0.3) is 5.91 Å². The lowest BCUT2D eigenvalue weighted by Gasteiger charge is -2.32. The molecule has 6 heteroatoms. The predicted molar refractivity (Wildman–Crippen MR) is 84.2 cm³/mol. The summed E-state index contributed by atoms with van der Waals surface area (Å²) in [6.45, 7) is 1.35. The summed E-state index contributed by atoms with van der Waals surface area (Å²) in [5.41, 5.74) is 6.92. The molecular weight excluding hydrogens is 286 g/mol. The second-order valence-corrected chi connectivity index (χ2v) is 5.37. The highest BCUT2D eigenvalue weighted by Crippen LogP contribution is 2.19. The van der Waals surface area contributed by atoms with Gasteiger partial charge >= 0.3 is 0 Å². The fraction of sp³-hybridized carbons (Fsp3) is 0.267. The highest BCUT2D eigenvalue weighted by molar-refractivity contribution is 7.80. The van der Waals surface area contributed by atoms with Crippen LogP contribution in [-0.2, 0) is 4.74 Å². The standard InChI is InChI=1S/C15H15N3O2S/c16-14(21)12-9-18(7-8-20-12)15(19)11-5-1-3-10-4-2-6-17-13(10)11/h1-6,12H,7-9H2,(H2,16,21). The van der Waals surface area contributed by atoms with Gasteiger partial charge in [-0.25, -0.2) is 0 Å². The average molecular weight is 301 g/mol. The molecule has 1 saturated heterocycles. The second-order valence-electron chi connectivity index (χ2n) is 4.89. The summed E-state index contributed by atoms with van der Waals surface area (Å²) in [6, 6.07) is 9.40. The van der Waals surface area contributed by atoms with Crippen molar-refractivity contribution in [3.63, 3.8) is 0 Å². The van der Waals surface area contributed by atoms with Crippen molar-refractivity contribution in [1.29, 1.82) is 0 Å². The zero-order valence-corrected chi connectivity index (χ0v) is 12.2. The first-order valence-corrected chi connectivity index (χ1v) is 7.11. The number of ether oxygens (including phenoxy) is 1. The largest absolute Gasteiger partial charge is 0.391 e. The van der Waals surface area contributed by atoms with Crippen LogP contribution in [0.25, 0.3) is 10.9 Å². The normalized spacial score (nSPS) is 18.7. The lowest BCUT2D eigenvalue weighted by atomic mass is 10.1. The van der Waals surface area contributed by atoms with E-state index < -0.39 is 0 Å². The number of carbonyl (C=O) groups excluding carboxylic acids is 1. The van der Waals surface area contributed by atoms with Gasteiger partial charge in [0, 0.05) is 18.1 Å². The lowest BCUT2D eigenvalue weighted by molar-refractivity contribution is 0.00887. The Morgan fingerprint density at radius 2 is 2.19 bits per heavy atom. The summed E-state index contributed by atoms with van der Waals surface area (Å²) >= 11 is 4.95. The number of hydrogen-bond acceptors (Lipinski definition) is 4. The first-order valence-electron chi connectivity index (χ1n) is 6.71. The van der Waals surface area contributed by atoms with Crippen molar-refractivity contribution in [1.82, 2.24) is 9.88 Å². The molecule has 1 unspecified atom stereocenters. The molecule has 2 N–H and O–H groups in total. The zero-order chi connectivity index (χ0) is 14.8. The van der Waals surface area contributed by atoms with Gasteiger partial charge in [-0.2, -0.15) is 0 Å². The van der Waals surface area contributed by atoms with Crippen LogP contribution in [0.5, 0.6) is 0 Å². The predicted octanol–water partition coefficient (Wildman–Crippen LogP) is 1.36.